The van der Waals surface area contributed by atoms with E-state index in [1.165, 1.54) is 0 Å². The Bertz CT molecular complexity index is 643. The SMILES string of the molecule is COCOC(CCC(=O)NO)c1ccc(-c2ccc(Cl)cc2)cc1. The van der Waals surface area contributed by atoms with E-state index in [0.717, 1.165) is 16.7 Å². The van der Waals surface area contributed by atoms with Crippen LogP contribution in [0.5, 0.6) is 0 Å². The Hall–Kier alpha value is -1.92. The van der Waals surface area contributed by atoms with Crippen LogP contribution >= 0.6 is 11.6 Å². The fourth-order valence-electron chi connectivity index (χ4n) is 2.35. The fourth-order valence-corrected chi connectivity index (χ4v) is 2.47. The van der Waals surface area contributed by atoms with Gasteiger partial charge in [0.25, 0.3) is 0 Å². The van der Waals surface area contributed by atoms with Crippen molar-refractivity contribution in [3.63, 3.8) is 0 Å². The van der Waals surface area contributed by atoms with Gasteiger partial charge in [-0.3, -0.25) is 10.0 Å². The van der Waals surface area contributed by atoms with Gasteiger partial charge in [0.05, 0.1) is 6.10 Å². The summed E-state index contributed by atoms with van der Waals surface area (Å²) in [6, 6.07) is 15.5. The molecule has 0 heterocycles. The highest BCUT2D eigenvalue weighted by Crippen LogP contribution is 2.27. The molecule has 0 aliphatic rings. The summed E-state index contributed by atoms with van der Waals surface area (Å²) >= 11 is 5.91. The van der Waals surface area contributed by atoms with E-state index in [0.29, 0.717) is 11.4 Å². The van der Waals surface area contributed by atoms with Crippen molar-refractivity contribution < 1.29 is 19.5 Å². The van der Waals surface area contributed by atoms with Gasteiger partial charge in [-0.05, 0) is 35.2 Å². The highest BCUT2D eigenvalue weighted by molar-refractivity contribution is 6.30. The monoisotopic (exact) mass is 349 g/mol. The molecule has 0 aliphatic carbocycles. The highest BCUT2D eigenvalue weighted by atomic mass is 35.5. The van der Waals surface area contributed by atoms with E-state index in [-0.39, 0.29) is 19.3 Å². The zero-order valence-electron chi connectivity index (χ0n) is 13.4. The van der Waals surface area contributed by atoms with Crippen molar-refractivity contribution in [3.05, 3.63) is 59.1 Å². The van der Waals surface area contributed by atoms with Crippen LogP contribution < -0.4 is 5.48 Å². The summed E-state index contributed by atoms with van der Waals surface area (Å²) in [4.78, 5) is 11.2. The summed E-state index contributed by atoms with van der Waals surface area (Å²) < 4.78 is 10.6. The molecular formula is C18H20ClNO4. The molecule has 1 unspecified atom stereocenters. The molecule has 128 valence electrons. The van der Waals surface area contributed by atoms with Gasteiger partial charge in [0.1, 0.15) is 6.79 Å². The predicted octanol–water partition coefficient (Wildman–Crippen LogP) is 3.95. The van der Waals surface area contributed by atoms with Crippen LogP contribution in [0.2, 0.25) is 5.02 Å². The Morgan fingerprint density at radius 3 is 2.25 bits per heavy atom. The molecule has 0 fully saturated rings. The molecule has 0 radical (unpaired) electrons. The Balaban J connectivity index is 2.11. The minimum absolute atomic E-state index is 0.129. The first-order chi connectivity index (χ1) is 11.6. The number of rotatable bonds is 8. The lowest BCUT2D eigenvalue weighted by Gasteiger charge is -2.18. The van der Waals surface area contributed by atoms with Crippen molar-refractivity contribution in [2.24, 2.45) is 0 Å². The van der Waals surface area contributed by atoms with E-state index in [4.69, 9.17) is 26.3 Å². The molecule has 0 bridgehead atoms. The third-order valence-electron chi connectivity index (χ3n) is 3.61. The van der Waals surface area contributed by atoms with Crippen LogP contribution in [0.25, 0.3) is 11.1 Å². The second-order valence-electron chi connectivity index (χ2n) is 5.26. The average Bonchev–Trinajstić information content (AvgIpc) is 2.62. The lowest BCUT2D eigenvalue weighted by atomic mass is 10.00. The van der Waals surface area contributed by atoms with Gasteiger partial charge in [0.15, 0.2) is 0 Å². The number of hydrogen-bond acceptors (Lipinski definition) is 4. The van der Waals surface area contributed by atoms with E-state index < -0.39 is 5.91 Å². The van der Waals surface area contributed by atoms with E-state index in [9.17, 15) is 4.79 Å². The molecule has 2 aromatic carbocycles. The first kappa shape index (κ1) is 18.4. The van der Waals surface area contributed by atoms with Crippen molar-refractivity contribution in [2.45, 2.75) is 18.9 Å². The third kappa shape index (κ3) is 5.32. The number of amides is 1. The van der Waals surface area contributed by atoms with Crippen LogP contribution in [-0.4, -0.2) is 25.0 Å². The summed E-state index contributed by atoms with van der Waals surface area (Å²) in [7, 11) is 1.54. The number of halogens is 1. The van der Waals surface area contributed by atoms with Crippen LogP contribution in [0, 0.1) is 0 Å². The van der Waals surface area contributed by atoms with E-state index in [1.807, 2.05) is 48.5 Å². The quantitative estimate of drug-likeness (QED) is 0.430. The molecule has 0 saturated carbocycles. The number of hydroxylamine groups is 1. The molecule has 6 heteroatoms. The van der Waals surface area contributed by atoms with Crippen molar-refractivity contribution >= 4 is 17.5 Å². The summed E-state index contributed by atoms with van der Waals surface area (Å²) in [5, 5.41) is 9.30. The lowest BCUT2D eigenvalue weighted by Crippen LogP contribution is -2.19. The number of hydrogen-bond donors (Lipinski definition) is 2. The number of carbonyl (C=O) groups is 1. The molecule has 1 atom stereocenters. The van der Waals surface area contributed by atoms with E-state index in [2.05, 4.69) is 0 Å². The number of methoxy groups -OCH3 is 1. The lowest BCUT2D eigenvalue weighted by molar-refractivity contribution is -0.131. The minimum Gasteiger partial charge on any atom is -0.359 e. The smallest absolute Gasteiger partial charge is 0.243 e. The molecule has 1 amide bonds. The minimum atomic E-state index is -0.446. The van der Waals surface area contributed by atoms with Crippen LogP contribution in [0.3, 0.4) is 0 Å². The second kappa shape index (κ2) is 9.39. The van der Waals surface area contributed by atoms with Gasteiger partial charge >= 0.3 is 0 Å². The van der Waals surface area contributed by atoms with Gasteiger partial charge in [0.2, 0.25) is 5.91 Å². The maximum absolute atomic E-state index is 11.2. The molecule has 2 rings (SSSR count). The van der Waals surface area contributed by atoms with Gasteiger partial charge in [0, 0.05) is 18.6 Å². The standard InChI is InChI=1S/C18H20ClNO4/c1-23-12-24-17(10-11-18(21)20-22)15-4-2-13(3-5-15)14-6-8-16(19)9-7-14/h2-9,17,22H,10-12H2,1H3,(H,20,21). The van der Waals surface area contributed by atoms with Gasteiger partial charge in [-0.1, -0.05) is 48.0 Å². The third-order valence-corrected chi connectivity index (χ3v) is 3.86. The molecule has 0 aliphatic heterocycles. The zero-order valence-corrected chi connectivity index (χ0v) is 14.1. The first-order valence-corrected chi connectivity index (χ1v) is 7.91. The van der Waals surface area contributed by atoms with Gasteiger partial charge in [-0.15, -0.1) is 0 Å². The van der Waals surface area contributed by atoms with Gasteiger partial charge < -0.3 is 9.47 Å². The van der Waals surface area contributed by atoms with Gasteiger partial charge in [-0.25, -0.2) is 5.48 Å². The number of nitrogens with one attached hydrogen (secondary N) is 1. The second-order valence-corrected chi connectivity index (χ2v) is 5.70. The summed E-state index contributed by atoms with van der Waals surface area (Å²) in [6.07, 6.45) is 0.307. The van der Waals surface area contributed by atoms with Crippen LogP contribution in [-0.2, 0) is 14.3 Å². The predicted molar refractivity (Wildman–Crippen MR) is 91.8 cm³/mol. The van der Waals surface area contributed by atoms with Gasteiger partial charge in [-0.2, -0.15) is 0 Å². The fraction of sp³-hybridized carbons (Fsp3) is 0.278. The molecule has 2 aromatic rings. The summed E-state index contributed by atoms with van der Waals surface area (Å²) in [6.45, 7) is 0.129. The maximum Gasteiger partial charge on any atom is 0.243 e. The molecule has 0 spiro atoms. The van der Waals surface area contributed by atoms with Crippen LogP contribution in [0.15, 0.2) is 48.5 Å². The molecular weight excluding hydrogens is 330 g/mol. The van der Waals surface area contributed by atoms with Crippen molar-refractivity contribution in [1.82, 2.24) is 5.48 Å². The molecule has 2 N–H and O–H groups in total. The van der Waals surface area contributed by atoms with Crippen LogP contribution in [0.1, 0.15) is 24.5 Å². The molecule has 0 saturated heterocycles. The van der Waals surface area contributed by atoms with E-state index >= 15 is 0 Å². The summed E-state index contributed by atoms with van der Waals surface area (Å²) in [5.41, 5.74) is 4.70. The summed E-state index contributed by atoms with van der Waals surface area (Å²) in [5.74, 6) is -0.446. The van der Waals surface area contributed by atoms with Crippen molar-refractivity contribution in [1.29, 1.82) is 0 Å². The Labute approximate surface area is 146 Å². The highest BCUT2D eigenvalue weighted by Gasteiger charge is 2.14. The molecule has 5 nitrogen and oxygen atoms in total. The van der Waals surface area contributed by atoms with Crippen molar-refractivity contribution in [2.75, 3.05) is 13.9 Å². The Morgan fingerprint density at radius 2 is 1.71 bits per heavy atom. The Kier molecular flexibility index (Phi) is 7.21. The topological polar surface area (TPSA) is 67.8 Å². The largest absolute Gasteiger partial charge is 0.359 e. The molecule has 24 heavy (non-hydrogen) atoms. The van der Waals surface area contributed by atoms with Crippen LogP contribution in [0.4, 0.5) is 0 Å². The Morgan fingerprint density at radius 1 is 1.12 bits per heavy atom. The van der Waals surface area contributed by atoms with E-state index in [1.54, 1.807) is 12.6 Å². The number of benzene rings is 2. The number of carbonyl (C=O) groups excluding carboxylic acids is 1. The molecule has 0 aromatic heterocycles. The first-order valence-electron chi connectivity index (χ1n) is 7.53. The zero-order chi connectivity index (χ0) is 17.4. The number of ether oxygens (including phenoxy) is 2. The van der Waals surface area contributed by atoms with Crippen molar-refractivity contribution in [3.8, 4) is 11.1 Å². The normalized spacial score (nSPS) is 12.0. The average molecular weight is 350 g/mol. The maximum atomic E-state index is 11.2.